The molecule has 19 heavy (non-hydrogen) atoms. The van der Waals surface area contributed by atoms with Crippen molar-refractivity contribution in [3.63, 3.8) is 0 Å². The predicted octanol–water partition coefficient (Wildman–Crippen LogP) is 3.25. The van der Waals surface area contributed by atoms with Gasteiger partial charge in [0, 0.05) is 13.2 Å². The van der Waals surface area contributed by atoms with Gasteiger partial charge in [0.2, 0.25) is 0 Å². The number of hydrogen-bond donors (Lipinski definition) is 0. The third kappa shape index (κ3) is 5.94. The molecule has 0 amide bonds. The molecule has 1 aromatic carbocycles. The molecule has 0 fully saturated rings. The second kappa shape index (κ2) is 9.64. The summed E-state index contributed by atoms with van der Waals surface area (Å²) in [4.78, 5) is 0. The van der Waals surface area contributed by atoms with E-state index in [1.165, 1.54) is 0 Å². The third-order valence-corrected chi connectivity index (χ3v) is 2.39. The van der Waals surface area contributed by atoms with Crippen LogP contribution in [0.2, 0.25) is 0 Å². The van der Waals surface area contributed by atoms with Crippen LogP contribution in [-0.4, -0.2) is 32.7 Å². The second-order valence-corrected chi connectivity index (χ2v) is 3.95. The first-order valence-electron chi connectivity index (χ1n) is 6.89. The molecule has 0 spiro atoms. The Morgan fingerprint density at radius 2 is 1.47 bits per heavy atom. The standard InChI is InChI=1S/C15H24O4/c1-4-11-18-13-9-7-8-10-14(13)19-12-15(16-5-2)17-6-3/h7-10,15H,4-6,11-12H2,1-3H3. The topological polar surface area (TPSA) is 36.9 Å². The van der Waals surface area contributed by atoms with Crippen LogP contribution in [-0.2, 0) is 9.47 Å². The van der Waals surface area contributed by atoms with E-state index >= 15 is 0 Å². The molecule has 108 valence electrons. The van der Waals surface area contributed by atoms with E-state index in [-0.39, 0.29) is 6.29 Å². The summed E-state index contributed by atoms with van der Waals surface area (Å²) < 4.78 is 22.2. The third-order valence-electron chi connectivity index (χ3n) is 2.39. The van der Waals surface area contributed by atoms with Gasteiger partial charge in [-0.2, -0.15) is 0 Å². The number of benzene rings is 1. The fourth-order valence-corrected chi connectivity index (χ4v) is 1.57. The minimum atomic E-state index is -0.339. The van der Waals surface area contributed by atoms with E-state index in [2.05, 4.69) is 6.92 Å². The van der Waals surface area contributed by atoms with Crippen LogP contribution in [0.1, 0.15) is 27.2 Å². The van der Waals surface area contributed by atoms with Gasteiger partial charge in [-0.05, 0) is 32.4 Å². The average molecular weight is 268 g/mol. The molecule has 1 rings (SSSR count). The molecule has 4 nitrogen and oxygen atoms in total. The molecular formula is C15H24O4. The molecule has 0 aliphatic heterocycles. The van der Waals surface area contributed by atoms with Crippen LogP contribution in [0, 0.1) is 0 Å². The largest absolute Gasteiger partial charge is 0.490 e. The van der Waals surface area contributed by atoms with Gasteiger partial charge in [-0.25, -0.2) is 0 Å². The fraction of sp³-hybridized carbons (Fsp3) is 0.600. The number of rotatable bonds is 10. The van der Waals surface area contributed by atoms with E-state index in [1.54, 1.807) is 0 Å². The zero-order chi connectivity index (χ0) is 13.9. The second-order valence-electron chi connectivity index (χ2n) is 3.95. The van der Waals surface area contributed by atoms with Crippen LogP contribution in [0.5, 0.6) is 11.5 Å². The minimum absolute atomic E-state index is 0.339. The van der Waals surface area contributed by atoms with Crippen molar-refractivity contribution >= 4 is 0 Å². The van der Waals surface area contributed by atoms with Gasteiger partial charge in [-0.3, -0.25) is 0 Å². The summed E-state index contributed by atoms with van der Waals surface area (Å²) in [6, 6.07) is 7.65. The molecule has 0 aliphatic carbocycles. The Hall–Kier alpha value is -1.26. The van der Waals surface area contributed by atoms with Crippen LogP contribution >= 0.6 is 0 Å². The molecular weight excluding hydrogens is 244 g/mol. The zero-order valence-corrected chi connectivity index (χ0v) is 12.1. The molecule has 0 aliphatic rings. The highest BCUT2D eigenvalue weighted by Gasteiger charge is 2.11. The van der Waals surface area contributed by atoms with Crippen LogP contribution in [0.25, 0.3) is 0 Å². The molecule has 0 unspecified atom stereocenters. The Morgan fingerprint density at radius 1 is 0.895 bits per heavy atom. The summed E-state index contributed by atoms with van der Waals surface area (Å²) in [5.41, 5.74) is 0. The van der Waals surface area contributed by atoms with E-state index < -0.39 is 0 Å². The maximum Gasteiger partial charge on any atom is 0.191 e. The Bertz CT molecular complexity index is 335. The number of para-hydroxylation sites is 2. The maximum absolute atomic E-state index is 5.73. The van der Waals surface area contributed by atoms with Gasteiger partial charge in [0.15, 0.2) is 17.8 Å². The van der Waals surface area contributed by atoms with E-state index in [0.29, 0.717) is 26.4 Å². The molecule has 0 saturated heterocycles. The van der Waals surface area contributed by atoms with Crippen molar-refractivity contribution < 1.29 is 18.9 Å². The van der Waals surface area contributed by atoms with Crippen molar-refractivity contribution in [2.24, 2.45) is 0 Å². The zero-order valence-electron chi connectivity index (χ0n) is 12.1. The summed E-state index contributed by atoms with van der Waals surface area (Å²) in [5.74, 6) is 1.48. The lowest BCUT2D eigenvalue weighted by atomic mass is 10.3. The van der Waals surface area contributed by atoms with Gasteiger partial charge in [0.25, 0.3) is 0 Å². The van der Waals surface area contributed by atoms with Crippen molar-refractivity contribution in [2.75, 3.05) is 26.4 Å². The maximum atomic E-state index is 5.73. The van der Waals surface area contributed by atoms with Gasteiger partial charge in [-0.15, -0.1) is 0 Å². The summed E-state index contributed by atoms with van der Waals surface area (Å²) in [5, 5.41) is 0. The summed E-state index contributed by atoms with van der Waals surface area (Å²) >= 11 is 0. The molecule has 0 heterocycles. The normalized spacial score (nSPS) is 10.7. The van der Waals surface area contributed by atoms with Crippen LogP contribution in [0.4, 0.5) is 0 Å². The van der Waals surface area contributed by atoms with E-state index in [4.69, 9.17) is 18.9 Å². The molecule has 0 bridgehead atoms. The van der Waals surface area contributed by atoms with Crippen LogP contribution in [0.3, 0.4) is 0 Å². The lowest BCUT2D eigenvalue weighted by Crippen LogP contribution is -2.25. The van der Waals surface area contributed by atoms with Crippen molar-refractivity contribution in [3.05, 3.63) is 24.3 Å². The van der Waals surface area contributed by atoms with Crippen LogP contribution in [0.15, 0.2) is 24.3 Å². The SMILES string of the molecule is CCCOc1ccccc1OCC(OCC)OCC. The number of ether oxygens (including phenoxy) is 4. The van der Waals surface area contributed by atoms with Gasteiger partial charge in [-0.1, -0.05) is 19.1 Å². The minimum Gasteiger partial charge on any atom is -0.490 e. The fourth-order valence-electron chi connectivity index (χ4n) is 1.57. The first-order chi connectivity index (χ1) is 9.31. The van der Waals surface area contributed by atoms with E-state index in [9.17, 15) is 0 Å². The molecule has 4 heteroatoms. The highest BCUT2D eigenvalue weighted by atomic mass is 16.7. The van der Waals surface area contributed by atoms with Crippen LogP contribution < -0.4 is 9.47 Å². The summed E-state index contributed by atoms with van der Waals surface area (Å²) in [6.45, 7) is 8.18. The van der Waals surface area contributed by atoms with Crippen molar-refractivity contribution in [3.8, 4) is 11.5 Å². The monoisotopic (exact) mass is 268 g/mol. The summed E-state index contributed by atoms with van der Waals surface area (Å²) in [7, 11) is 0. The Balaban J connectivity index is 2.54. The predicted molar refractivity (Wildman–Crippen MR) is 74.8 cm³/mol. The molecule has 0 aromatic heterocycles. The smallest absolute Gasteiger partial charge is 0.191 e. The van der Waals surface area contributed by atoms with Crippen molar-refractivity contribution in [2.45, 2.75) is 33.5 Å². The highest BCUT2D eigenvalue weighted by molar-refractivity contribution is 5.39. The number of hydrogen-bond acceptors (Lipinski definition) is 4. The quantitative estimate of drug-likeness (QED) is 0.610. The first kappa shape index (κ1) is 15.8. The van der Waals surface area contributed by atoms with Crippen molar-refractivity contribution in [1.82, 2.24) is 0 Å². The van der Waals surface area contributed by atoms with Gasteiger partial charge in [0.05, 0.1) is 6.61 Å². The molecule has 0 N–H and O–H groups in total. The lowest BCUT2D eigenvalue weighted by Gasteiger charge is -2.18. The average Bonchev–Trinajstić information content (AvgIpc) is 2.44. The Kier molecular flexibility index (Phi) is 8.02. The van der Waals surface area contributed by atoms with E-state index in [1.807, 2.05) is 38.1 Å². The lowest BCUT2D eigenvalue weighted by molar-refractivity contribution is -0.152. The van der Waals surface area contributed by atoms with Gasteiger partial charge in [0.1, 0.15) is 6.61 Å². The first-order valence-corrected chi connectivity index (χ1v) is 6.89. The van der Waals surface area contributed by atoms with E-state index in [0.717, 1.165) is 17.9 Å². The van der Waals surface area contributed by atoms with Gasteiger partial charge >= 0.3 is 0 Å². The summed E-state index contributed by atoms with van der Waals surface area (Å²) in [6.07, 6.45) is 0.628. The highest BCUT2D eigenvalue weighted by Crippen LogP contribution is 2.26. The molecule has 0 radical (unpaired) electrons. The Labute approximate surface area is 115 Å². The molecule has 0 atom stereocenters. The van der Waals surface area contributed by atoms with Crippen molar-refractivity contribution in [1.29, 1.82) is 0 Å². The molecule has 1 aromatic rings. The Morgan fingerprint density at radius 3 is 2.00 bits per heavy atom. The molecule has 0 saturated carbocycles. The van der Waals surface area contributed by atoms with Gasteiger partial charge < -0.3 is 18.9 Å².